The molecule has 1 unspecified atom stereocenters. The second-order valence-corrected chi connectivity index (χ2v) is 22.7. The smallest absolute Gasteiger partial charge is 0.330 e. The summed E-state index contributed by atoms with van der Waals surface area (Å²) < 4.78 is 41.0. The van der Waals surface area contributed by atoms with Gasteiger partial charge in [-0.1, -0.05) is 48.5 Å². The van der Waals surface area contributed by atoms with Gasteiger partial charge in [-0.2, -0.15) is 0 Å². The number of aromatic nitrogens is 5. The van der Waals surface area contributed by atoms with Crippen LogP contribution in [0.25, 0.3) is 10.9 Å². The third-order valence-corrected chi connectivity index (χ3v) is 16.8. The molecule has 26 heteroatoms. The third kappa shape index (κ3) is 12.5. The number of hydrogen-bond donors (Lipinski definition) is 5. The maximum Gasteiger partial charge on any atom is 0.330 e. The van der Waals surface area contributed by atoms with E-state index in [2.05, 4.69) is 19.9 Å². The van der Waals surface area contributed by atoms with Crippen molar-refractivity contribution < 1.29 is 52.1 Å². The molecule has 9 rings (SSSR count). The summed E-state index contributed by atoms with van der Waals surface area (Å²) in [5, 5.41) is 11.7. The highest BCUT2D eigenvalue weighted by atomic mass is 32.5. The van der Waals surface area contributed by atoms with E-state index in [0.717, 1.165) is 50.0 Å². The van der Waals surface area contributed by atoms with E-state index in [-0.39, 0.29) is 49.4 Å². The van der Waals surface area contributed by atoms with E-state index in [9.17, 15) is 43.5 Å². The number of hydrogen-bond acceptors (Lipinski definition) is 17. The molecule has 412 valence electrons. The van der Waals surface area contributed by atoms with Crippen LogP contribution in [0.4, 0.5) is 0 Å². The molecule has 7 heterocycles. The first-order chi connectivity index (χ1) is 36.9. The number of likely N-dealkylation sites (tertiary alicyclic amines) is 1. The maximum absolute atomic E-state index is 14.8. The van der Waals surface area contributed by atoms with Crippen molar-refractivity contribution in [3.05, 3.63) is 137 Å². The number of likely N-dealkylation sites (N-methyl/N-ethyl adjacent to an activating group) is 1. The number of carbonyl (C=O) groups excluding carboxylic acids is 4. The number of esters is 1. The number of aliphatic hydroxyl groups excluding tert-OH is 1. The summed E-state index contributed by atoms with van der Waals surface area (Å²) >= 11 is 6.34. The fourth-order valence-electron chi connectivity index (χ4n) is 10.4. The lowest BCUT2D eigenvalue weighted by atomic mass is 9.90. The molecule has 77 heavy (non-hydrogen) atoms. The zero-order valence-electron chi connectivity index (χ0n) is 42.7. The number of para-hydroxylation sites is 1. The predicted molar refractivity (Wildman–Crippen MR) is 280 cm³/mol. The molecule has 0 radical (unpaired) electrons. The number of primary amides is 1. The van der Waals surface area contributed by atoms with E-state index in [1.54, 1.807) is 0 Å². The van der Waals surface area contributed by atoms with Crippen molar-refractivity contribution in [2.24, 2.45) is 5.73 Å². The number of nitrogens with two attached hydrogens (primary N) is 1. The number of aliphatic hydroxyl groups is 1. The Balaban J connectivity index is 1.06. The molecule has 2 aromatic carbocycles. The molecule has 0 saturated carbocycles. The number of benzene rings is 2. The largest absolute Gasteiger partial charge is 0.459 e. The average molecular weight is 1100 g/mol. The first kappa shape index (κ1) is 55.3. The van der Waals surface area contributed by atoms with Crippen molar-refractivity contribution in [3.8, 4) is 0 Å². The molecular formula is C51H62N9O15PS. The van der Waals surface area contributed by atoms with E-state index < -0.39 is 116 Å². The van der Waals surface area contributed by atoms with Crippen molar-refractivity contribution in [2.75, 3.05) is 46.5 Å². The normalized spacial score (nSPS) is 24.2. The molecule has 6 N–H and O–H groups in total. The highest BCUT2D eigenvalue weighted by Crippen LogP contribution is 2.55. The third-order valence-electron chi connectivity index (χ3n) is 14.4. The molecule has 4 aliphatic rings. The molecule has 9 atom stereocenters. The van der Waals surface area contributed by atoms with Gasteiger partial charge in [-0.3, -0.25) is 52.8 Å². The van der Waals surface area contributed by atoms with Crippen molar-refractivity contribution in [2.45, 2.75) is 114 Å². The summed E-state index contributed by atoms with van der Waals surface area (Å²) in [6.45, 7) is -1.25. The number of carbonyl (C=O) groups is 4. The lowest BCUT2D eigenvalue weighted by molar-refractivity contribution is -0.154. The van der Waals surface area contributed by atoms with Crippen LogP contribution in [0.3, 0.4) is 0 Å². The summed E-state index contributed by atoms with van der Waals surface area (Å²) in [5.74, 6) is -2.13. The van der Waals surface area contributed by atoms with Crippen LogP contribution < -0.4 is 28.2 Å². The van der Waals surface area contributed by atoms with Crippen LogP contribution in [0.15, 0.2) is 86.2 Å². The monoisotopic (exact) mass is 1100 g/mol. The van der Waals surface area contributed by atoms with Gasteiger partial charge in [0.15, 0.2) is 0 Å². The van der Waals surface area contributed by atoms with Gasteiger partial charge >= 0.3 is 24.1 Å². The number of nitrogens with zero attached hydrogens (tertiary/aromatic N) is 5. The summed E-state index contributed by atoms with van der Waals surface area (Å²) in [4.78, 5) is 117. The van der Waals surface area contributed by atoms with Gasteiger partial charge in [0.05, 0.1) is 51.0 Å². The van der Waals surface area contributed by atoms with Crippen LogP contribution in [0, 0.1) is 13.8 Å². The standard InChI is InChI=1S/C51H62N9O15PS/c1-29-22-59(50(68)54-47(29)65)43-20-37(74-45(64)16-15-42(63)56(3)25-41(52)62)40(73-43)28-71-76(77,75-38-21-44(72-39(38)26-61)60-23-30(2)48(66)55-51(60)69)70-27-36-46-33(32-13-7-8-14-34(32)53-46)19-35(49(67)57-17-9-10-18-57)58(36)24-31-11-5-4-6-12-31/h4-8,11-14,22-23,35-40,43-44,53,61H,9-10,15-21,24-28H2,1-3H3,(H2,52,62)(H,54,65,68)(H,55,66,69)/t35-,36+,37-,38-,39+,40+,43+,44+,76?/m0/s1. The Bertz CT molecular complexity index is 3300. The quantitative estimate of drug-likeness (QED) is 0.0548. The molecule has 3 amide bonds. The van der Waals surface area contributed by atoms with Crippen molar-refractivity contribution in [3.63, 3.8) is 0 Å². The molecule has 3 saturated heterocycles. The van der Waals surface area contributed by atoms with E-state index in [1.807, 2.05) is 59.5 Å². The van der Waals surface area contributed by atoms with Crippen LogP contribution in [0.5, 0.6) is 0 Å². The zero-order chi connectivity index (χ0) is 54.7. The van der Waals surface area contributed by atoms with E-state index in [0.29, 0.717) is 26.1 Å². The first-order valence-electron chi connectivity index (χ1n) is 25.4. The Labute approximate surface area is 445 Å². The number of H-pyrrole nitrogens is 3. The van der Waals surface area contributed by atoms with Gasteiger partial charge in [-0.05, 0) is 62.1 Å². The van der Waals surface area contributed by atoms with E-state index >= 15 is 0 Å². The molecule has 0 bridgehead atoms. The van der Waals surface area contributed by atoms with Crippen molar-refractivity contribution >= 4 is 53.1 Å². The van der Waals surface area contributed by atoms with E-state index in [4.69, 9.17) is 45.3 Å². The molecule has 3 fully saturated rings. The van der Waals surface area contributed by atoms with Gasteiger partial charge in [0, 0.05) is 86.1 Å². The van der Waals surface area contributed by atoms with E-state index in [1.165, 1.54) is 37.9 Å². The number of nitrogens with one attached hydrogen (secondary N) is 3. The molecule has 0 spiro atoms. The van der Waals surface area contributed by atoms with Crippen LogP contribution >= 0.6 is 6.72 Å². The number of rotatable bonds is 20. The summed E-state index contributed by atoms with van der Waals surface area (Å²) in [7, 11) is 1.37. The predicted octanol–water partition coefficient (Wildman–Crippen LogP) is 1.82. The van der Waals surface area contributed by atoms with Gasteiger partial charge in [-0.15, -0.1) is 0 Å². The van der Waals surface area contributed by atoms with Crippen molar-refractivity contribution in [1.29, 1.82) is 0 Å². The highest BCUT2D eigenvalue weighted by Gasteiger charge is 2.47. The molecular weight excluding hydrogens is 1040 g/mol. The van der Waals surface area contributed by atoms with Gasteiger partial charge in [0.1, 0.15) is 30.8 Å². The second kappa shape index (κ2) is 23.7. The van der Waals surface area contributed by atoms with Crippen LogP contribution in [-0.4, -0.2) is 145 Å². The van der Waals surface area contributed by atoms with Crippen LogP contribution in [0.1, 0.15) is 85.0 Å². The van der Waals surface area contributed by atoms with Gasteiger partial charge in [-0.25, -0.2) is 9.59 Å². The Morgan fingerprint density at radius 3 is 2.08 bits per heavy atom. The Morgan fingerprint density at radius 1 is 0.818 bits per heavy atom. The number of aryl methyl sites for hydroxylation is 2. The SMILES string of the molecule is Cc1cn([C@H]2C[C@H](OC(=O)CCC(=O)N(C)CC(N)=O)[C@@H](COP(=S)(OC[C@@H]3c4[nH]c5ccccc5c4C[C@@H](C(=O)N4CCCC4)N3Cc3ccccc3)O[C@H]3C[C@H](n4cc(C)c(=O)[nH]c4=O)O[C@@H]3CO)O2)c(=O)[nH]c1=O. The minimum atomic E-state index is -4.19. The fraction of sp³-hybridized carbons (Fsp3) is 0.490. The highest BCUT2D eigenvalue weighted by molar-refractivity contribution is 8.07. The minimum absolute atomic E-state index is 0.0219. The van der Waals surface area contributed by atoms with Crippen LogP contribution in [0.2, 0.25) is 0 Å². The van der Waals surface area contributed by atoms with Crippen molar-refractivity contribution in [1.82, 2.24) is 38.8 Å². The number of fused-ring (bicyclic) bond motifs is 3. The van der Waals surface area contributed by atoms with Gasteiger partial charge in [0.2, 0.25) is 17.7 Å². The fourth-order valence-corrected chi connectivity index (χ4v) is 12.5. The molecule has 3 aromatic heterocycles. The number of ether oxygens (including phenoxy) is 3. The van der Waals surface area contributed by atoms with Gasteiger partial charge < -0.3 is 53.4 Å². The summed E-state index contributed by atoms with van der Waals surface area (Å²) in [5.41, 5.74) is 6.42. The summed E-state index contributed by atoms with van der Waals surface area (Å²) in [6.07, 6.45) is -2.80. The topological polar surface area (TPSA) is 305 Å². The molecule has 0 aliphatic carbocycles. The summed E-state index contributed by atoms with van der Waals surface area (Å²) in [6, 6.07) is 16.2. The molecule has 4 aliphatic heterocycles. The zero-order valence-corrected chi connectivity index (χ0v) is 44.4. The van der Waals surface area contributed by atoms with Gasteiger partial charge in [0.25, 0.3) is 11.1 Å². The van der Waals surface area contributed by atoms with Crippen LogP contribution in [-0.2, 0) is 71.7 Å². The Morgan fingerprint density at radius 2 is 1.43 bits per heavy atom. The molecule has 5 aromatic rings. The number of amides is 3. The lowest BCUT2D eigenvalue weighted by Crippen LogP contribution is -2.53. The Hall–Kier alpha value is -6.41. The lowest BCUT2D eigenvalue weighted by Gasteiger charge is -2.43. The first-order valence-corrected chi connectivity index (χ1v) is 28.0. The number of aromatic amines is 3. The molecule has 24 nitrogen and oxygen atoms in total. The Kier molecular flexibility index (Phi) is 17.0. The minimum Gasteiger partial charge on any atom is -0.459 e. The second-order valence-electron chi connectivity index (χ2n) is 19.8. The maximum atomic E-state index is 14.8. The average Bonchev–Trinajstić information content (AvgIpc) is 4.27.